The van der Waals surface area contributed by atoms with E-state index in [1.165, 1.54) is 6.42 Å². The number of hydrogen-bond acceptors (Lipinski definition) is 4. The molecule has 0 radical (unpaired) electrons. The second-order valence-electron chi connectivity index (χ2n) is 4.51. The Morgan fingerprint density at radius 1 is 1.25 bits per heavy atom. The summed E-state index contributed by atoms with van der Waals surface area (Å²) in [5.41, 5.74) is 2.86. The maximum Gasteiger partial charge on any atom is 0.158 e. The molecule has 4 nitrogen and oxygen atoms in total. The van der Waals surface area contributed by atoms with Crippen LogP contribution in [0.25, 0.3) is 11.0 Å². The van der Waals surface area contributed by atoms with Crippen molar-refractivity contribution in [1.82, 2.24) is 10.3 Å². The van der Waals surface area contributed by atoms with Gasteiger partial charge in [-0.3, -0.25) is 0 Å². The molecule has 1 aromatic carbocycles. The highest BCUT2D eigenvalue weighted by atomic mass is 16.6. The number of nitrogens with zero attached hydrogens (tertiary/aromatic N) is 3. The third-order valence-electron chi connectivity index (χ3n) is 3.56. The van der Waals surface area contributed by atoms with Gasteiger partial charge in [-0.15, -0.1) is 0 Å². The van der Waals surface area contributed by atoms with Crippen molar-refractivity contribution in [3.63, 3.8) is 0 Å². The lowest BCUT2D eigenvalue weighted by Gasteiger charge is -2.25. The molecule has 2 heterocycles. The Kier molecular flexibility index (Phi) is 1.48. The fraction of sp³-hybridized carbons (Fsp3) is 0.333. The Hall–Kier alpha value is -1.84. The molecule has 80 valence electrons. The van der Waals surface area contributed by atoms with E-state index in [0.29, 0.717) is 12.0 Å². The Balaban J connectivity index is 1.87. The summed E-state index contributed by atoms with van der Waals surface area (Å²) in [6, 6.07) is 6.57. The lowest BCUT2D eigenvalue weighted by atomic mass is 10.2. The highest BCUT2D eigenvalue weighted by Gasteiger charge is 2.34. The lowest BCUT2D eigenvalue weighted by molar-refractivity contribution is 0.315. The van der Waals surface area contributed by atoms with Gasteiger partial charge < -0.3 is 4.90 Å². The molecule has 1 saturated heterocycles. The summed E-state index contributed by atoms with van der Waals surface area (Å²) in [6.45, 7) is 1.09. The van der Waals surface area contributed by atoms with Crippen molar-refractivity contribution in [2.24, 2.45) is 5.92 Å². The van der Waals surface area contributed by atoms with Crippen LogP contribution in [0.4, 0.5) is 5.69 Å². The largest absolute Gasteiger partial charge is 0.363 e. The van der Waals surface area contributed by atoms with Crippen LogP contribution < -0.4 is 4.90 Å². The van der Waals surface area contributed by atoms with Gasteiger partial charge in [0.1, 0.15) is 5.52 Å². The van der Waals surface area contributed by atoms with Gasteiger partial charge >= 0.3 is 0 Å². The minimum atomic E-state index is 0.535. The summed E-state index contributed by atoms with van der Waals surface area (Å²) in [5.74, 6) is 0.708. The molecule has 1 aliphatic carbocycles. The molecule has 2 atom stereocenters. The zero-order chi connectivity index (χ0) is 10.5. The second kappa shape index (κ2) is 2.84. The number of rotatable bonds is 1. The maximum atomic E-state index is 4.80. The Morgan fingerprint density at radius 3 is 3.06 bits per heavy atom. The average molecular weight is 213 g/mol. The van der Waals surface area contributed by atoms with E-state index < -0.39 is 0 Å². The average Bonchev–Trinajstić information content (AvgIpc) is 3.03. The van der Waals surface area contributed by atoms with E-state index in [4.69, 9.17) is 4.63 Å². The Morgan fingerprint density at radius 2 is 2.25 bits per heavy atom. The SMILES string of the molecule is C1=CC2CC1CN2c1cccc2nonc12. The quantitative estimate of drug-likeness (QED) is 0.679. The van der Waals surface area contributed by atoms with Crippen molar-refractivity contribution in [2.45, 2.75) is 12.5 Å². The smallest absolute Gasteiger partial charge is 0.158 e. The standard InChI is InChI=1S/C12H11N3O/c1-2-10-12(14-16-13-10)11(3-1)15-7-8-4-5-9(15)6-8/h1-5,8-9H,6-7H2. The first kappa shape index (κ1) is 8.33. The molecule has 1 fully saturated rings. The normalized spacial score (nSPS) is 27.1. The minimum absolute atomic E-state index is 0.535. The predicted molar refractivity (Wildman–Crippen MR) is 60.2 cm³/mol. The highest BCUT2D eigenvalue weighted by Crippen LogP contribution is 2.37. The van der Waals surface area contributed by atoms with E-state index in [1.807, 2.05) is 12.1 Å². The van der Waals surface area contributed by atoms with E-state index in [1.54, 1.807) is 0 Å². The van der Waals surface area contributed by atoms with Crippen LogP contribution >= 0.6 is 0 Å². The van der Waals surface area contributed by atoms with Crippen LogP contribution in [-0.2, 0) is 0 Å². The molecule has 4 heteroatoms. The molecular weight excluding hydrogens is 202 g/mol. The van der Waals surface area contributed by atoms with E-state index in [9.17, 15) is 0 Å². The van der Waals surface area contributed by atoms with E-state index >= 15 is 0 Å². The molecule has 0 saturated carbocycles. The molecule has 2 aromatic rings. The first-order chi connectivity index (χ1) is 7.92. The van der Waals surface area contributed by atoms with Crippen LogP contribution in [0.2, 0.25) is 0 Å². The maximum absolute atomic E-state index is 4.80. The molecule has 4 rings (SSSR count). The molecular formula is C12H11N3O. The summed E-state index contributed by atoms with van der Waals surface area (Å²) < 4.78 is 4.80. The van der Waals surface area contributed by atoms with Gasteiger partial charge in [-0.25, -0.2) is 4.63 Å². The topological polar surface area (TPSA) is 42.2 Å². The molecule has 1 aromatic heterocycles. The molecule has 1 aliphatic heterocycles. The third-order valence-corrected chi connectivity index (χ3v) is 3.56. The van der Waals surface area contributed by atoms with Gasteiger partial charge in [0.05, 0.1) is 5.69 Å². The van der Waals surface area contributed by atoms with Crippen molar-refractivity contribution in [2.75, 3.05) is 11.4 Å². The third kappa shape index (κ3) is 0.988. The van der Waals surface area contributed by atoms with Gasteiger partial charge in [0.15, 0.2) is 5.52 Å². The minimum Gasteiger partial charge on any atom is -0.363 e. The fourth-order valence-electron chi connectivity index (χ4n) is 2.81. The molecule has 2 aliphatic rings. The van der Waals surface area contributed by atoms with Crippen LogP contribution in [0.15, 0.2) is 35.0 Å². The number of anilines is 1. The first-order valence-corrected chi connectivity index (χ1v) is 5.58. The number of hydrogen-bond donors (Lipinski definition) is 0. The van der Waals surface area contributed by atoms with Crippen molar-refractivity contribution in [3.05, 3.63) is 30.4 Å². The van der Waals surface area contributed by atoms with Crippen molar-refractivity contribution >= 4 is 16.7 Å². The van der Waals surface area contributed by atoms with Gasteiger partial charge in [-0.05, 0) is 34.8 Å². The van der Waals surface area contributed by atoms with Gasteiger partial charge in [0.25, 0.3) is 0 Å². The van der Waals surface area contributed by atoms with Crippen molar-refractivity contribution < 1.29 is 4.63 Å². The summed E-state index contributed by atoms with van der Waals surface area (Å²) in [7, 11) is 0. The zero-order valence-corrected chi connectivity index (χ0v) is 8.71. The summed E-state index contributed by atoms with van der Waals surface area (Å²) in [5, 5.41) is 7.88. The van der Waals surface area contributed by atoms with Gasteiger partial charge in [-0.2, -0.15) is 0 Å². The van der Waals surface area contributed by atoms with Crippen LogP contribution in [-0.4, -0.2) is 22.9 Å². The molecule has 0 amide bonds. The van der Waals surface area contributed by atoms with E-state index in [0.717, 1.165) is 23.3 Å². The van der Waals surface area contributed by atoms with Gasteiger partial charge in [-0.1, -0.05) is 18.2 Å². The van der Waals surface area contributed by atoms with E-state index in [-0.39, 0.29) is 0 Å². The summed E-state index contributed by atoms with van der Waals surface area (Å²) >= 11 is 0. The monoisotopic (exact) mass is 213 g/mol. The van der Waals surface area contributed by atoms with Gasteiger partial charge in [0.2, 0.25) is 0 Å². The Bertz CT molecular complexity index is 574. The lowest BCUT2D eigenvalue weighted by Crippen LogP contribution is -2.29. The summed E-state index contributed by atoms with van der Waals surface area (Å²) in [6.07, 6.45) is 5.85. The zero-order valence-electron chi connectivity index (χ0n) is 8.71. The van der Waals surface area contributed by atoms with Crippen LogP contribution in [0.5, 0.6) is 0 Å². The number of aromatic nitrogens is 2. The van der Waals surface area contributed by atoms with Crippen molar-refractivity contribution in [3.8, 4) is 0 Å². The van der Waals surface area contributed by atoms with Crippen LogP contribution in [0.3, 0.4) is 0 Å². The molecule has 0 N–H and O–H groups in total. The predicted octanol–water partition coefficient (Wildman–Crippen LogP) is 1.99. The highest BCUT2D eigenvalue weighted by molar-refractivity contribution is 5.88. The second-order valence-corrected chi connectivity index (χ2v) is 4.51. The van der Waals surface area contributed by atoms with Crippen molar-refractivity contribution in [1.29, 1.82) is 0 Å². The van der Waals surface area contributed by atoms with Crippen LogP contribution in [0, 0.1) is 5.92 Å². The van der Waals surface area contributed by atoms with E-state index in [2.05, 4.69) is 33.4 Å². The molecule has 16 heavy (non-hydrogen) atoms. The molecule has 2 unspecified atom stereocenters. The number of fused-ring (bicyclic) bond motifs is 3. The molecule has 2 bridgehead atoms. The summed E-state index contributed by atoms with van der Waals surface area (Å²) in [4.78, 5) is 2.40. The first-order valence-electron chi connectivity index (χ1n) is 5.58. The number of benzene rings is 1. The fourth-order valence-corrected chi connectivity index (χ4v) is 2.81. The van der Waals surface area contributed by atoms with Gasteiger partial charge in [0, 0.05) is 12.6 Å². The van der Waals surface area contributed by atoms with Crippen LogP contribution in [0.1, 0.15) is 6.42 Å². The Labute approximate surface area is 92.5 Å². The molecule has 0 spiro atoms.